The van der Waals surface area contributed by atoms with Gasteiger partial charge in [0.25, 0.3) is 0 Å². The van der Waals surface area contributed by atoms with E-state index < -0.39 is 0 Å². The SMILES string of the molecule is CCCCCCCCCCSc1ccc(-c2ccc(SCC)cc2)cc1. The van der Waals surface area contributed by atoms with Crippen LogP contribution in [-0.2, 0) is 0 Å². The number of hydrogen-bond acceptors (Lipinski definition) is 2. The number of thioether (sulfide) groups is 2. The molecule has 0 bridgehead atoms. The minimum absolute atomic E-state index is 1.13. The number of rotatable bonds is 13. The van der Waals surface area contributed by atoms with Gasteiger partial charge in [-0.05, 0) is 53.3 Å². The zero-order valence-electron chi connectivity index (χ0n) is 16.5. The van der Waals surface area contributed by atoms with Crippen LogP contribution in [0.5, 0.6) is 0 Å². The molecule has 2 aromatic carbocycles. The average Bonchev–Trinajstić information content (AvgIpc) is 2.68. The van der Waals surface area contributed by atoms with Crippen LogP contribution >= 0.6 is 23.5 Å². The normalized spacial score (nSPS) is 11.0. The first-order chi connectivity index (χ1) is 12.8. The van der Waals surface area contributed by atoms with Crippen molar-refractivity contribution in [2.24, 2.45) is 0 Å². The lowest BCUT2D eigenvalue weighted by atomic mass is 10.1. The van der Waals surface area contributed by atoms with Gasteiger partial charge in [-0.25, -0.2) is 0 Å². The summed E-state index contributed by atoms with van der Waals surface area (Å²) in [6.45, 7) is 4.48. The zero-order valence-corrected chi connectivity index (χ0v) is 18.1. The topological polar surface area (TPSA) is 0 Å². The first kappa shape index (κ1) is 21.4. The summed E-state index contributed by atoms with van der Waals surface area (Å²) in [5.74, 6) is 2.38. The average molecular weight is 387 g/mol. The minimum Gasteiger partial charge on any atom is -0.126 e. The monoisotopic (exact) mass is 386 g/mol. The predicted molar refractivity (Wildman–Crippen MR) is 122 cm³/mol. The highest BCUT2D eigenvalue weighted by Gasteiger charge is 2.00. The summed E-state index contributed by atoms with van der Waals surface area (Å²) in [4.78, 5) is 2.75. The van der Waals surface area contributed by atoms with Crippen molar-refractivity contribution in [2.75, 3.05) is 11.5 Å². The lowest BCUT2D eigenvalue weighted by molar-refractivity contribution is 0.586. The highest BCUT2D eigenvalue weighted by Crippen LogP contribution is 2.27. The Kier molecular flexibility index (Phi) is 11.0. The molecule has 0 saturated carbocycles. The summed E-state index contributed by atoms with van der Waals surface area (Å²) in [6.07, 6.45) is 11.2. The molecule has 2 heteroatoms. The van der Waals surface area contributed by atoms with Gasteiger partial charge in [0.05, 0.1) is 0 Å². The van der Waals surface area contributed by atoms with E-state index in [1.54, 1.807) is 0 Å². The molecule has 0 aliphatic carbocycles. The Balaban J connectivity index is 1.66. The lowest BCUT2D eigenvalue weighted by Crippen LogP contribution is -1.84. The molecule has 0 spiro atoms. The molecule has 0 nitrogen and oxygen atoms in total. The highest BCUT2D eigenvalue weighted by molar-refractivity contribution is 7.99. The maximum atomic E-state index is 2.28. The Morgan fingerprint density at radius 1 is 0.538 bits per heavy atom. The summed E-state index contributed by atoms with van der Waals surface area (Å²) in [5.41, 5.74) is 2.62. The molecule has 0 aromatic heterocycles. The molecule has 0 aliphatic rings. The van der Waals surface area contributed by atoms with Crippen LogP contribution in [0.4, 0.5) is 0 Å². The van der Waals surface area contributed by atoms with Gasteiger partial charge in [-0.15, -0.1) is 23.5 Å². The van der Waals surface area contributed by atoms with Gasteiger partial charge in [0.15, 0.2) is 0 Å². The van der Waals surface area contributed by atoms with Crippen molar-refractivity contribution in [1.82, 2.24) is 0 Å². The van der Waals surface area contributed by atoms with Crippen molar-refractivity contribution >= 4 is 23.5 Å². The van der Waals surface area contributed by atoms with Crippen LogP contribution < -0.4 is 0 Å². The van der Waals surface area contributed by atoms with Gasteiger partial charge in [-0.2, -0.15) is 0 Å². The van der Waals surface area contributed by atoms with Crippen LogP contribution in [0.25, 0.3) is 11.1 Å². The zero-order chi connectivity index (χ0) is 18.5. The molecule has 0 radical (unpaired) electrons. The van der Waals surface area contributed by atoms with E-state index in [9.17, 15) is 0 Å². The Bertz CT molecular complexity index is 587. The van der Waals surface area contributed by atoms with Gasteiger partial charge in [0.2, 0.25) is 0 Å². The molecule has 0 aliphatic heterocycles. The highest BCUT2D eigenvalue weighted by atomic mass is 32.2. The maximum Gasteiger partial charge on any atom is 0.00723 e. The third-order valence-electron chi connectivity index (χ3n) is 4.62. The molecule has 2 rings (SSSR count). The first-order valence-electron chi connectivity index (χ1n) is 10.3. The van der Waals surface area contributed by atoms with Crippen LogP contribution in [0.2, 0.25) is 0 Å². The molecular formula is C24H34S2. The lowest BCUT2D eigenvalue weighted by Gasteiger charge is -2.06. The fraction of sp³-hybridized carbons (Fsp3) is 0.500. The molecule has 0 atom stereocenters. The second-order valence-electron chi connectivity index (χ2n) is 6.81. The summed E-state index contributed by atoms with van der Waals surface area (Å²) < 4.78 is 0. The first-order valence-corrected chi connectivity index (χ1v) is 12.3. The number of unbranched alkanes of at least 4 members (excludes halogenated alkanes) is 7. The Labute approximate surface area is 169 Å². The van der Waals surface area contributed by atoms with Crippen LogP contribution in [0.1, 0.15) is 65.2 Å². The van der Waals surface area contributed by atoms with E-state index in [1.165, 1.54) is 78.0 Å². The summed E-state index contributed by atoms with van der Waals surface area (Å²) in [6, 6.07) is 18.0. The molecule has 26 heavy (non-hydrogen) atoms. The van der Waals surface area contributed by atoms with Gasteiger partial charge in [-0.1, -0.05) is 83.1 Å². The van der Waals surface area contributed by atoms with Crippen molar-refractivity contribution in [2.45, 2.75) is 75.0 Å². The molecule has 0 fully saturated rings. The van der Waals surface area contributed by atoms with Gasteiger partial charge in [-0.3, -0.25) is 0 Å². The van der Waals surface area contributed by atoms with E-state index in [0.29, 0.717) is 0 Å². The Morgan fingerprint density at radius 2 is 1.00 bits per heavy atom. The molecule has 0 N–H and O–H groups in total. The number of benzene rings is 2. The van der Waals surface area contributed by atoms with Crippen molar-refractivity contribution in [3.63, 3.8) is 0 Å². The van der Waals surface area contributed by atoms with E-state index >= 15 is 0 Å². The van der Waals surface area contributed by atoms with Crippen LogP contribution in [0, 0.1) is 0 Å². The smallest absolute Gasteiger partial charge is 0.00723 e. The minimum atomic E-state index is 1.13. The Hall–Kier alpha value is -0.860. The predicted octanol–water partition coefficient (Wildman–Crippen LogP) is 8.70. The molecule has 0 amide bonds. The maximum absolute atomic E-state index is 2.28. The van der Waals surface area contributed by atoms with Gasteiger partial charge in [0, 0.05) is 9.79 Å². The van der Waals surface area contributed by atoms with Crippen LogP contribution in [0.3, 0.4) is 0 Å². The quantitative estimate of drug-likeness (QED) is 0.249. The standard InChI is InChI=1S/C24H34S2/c1-3-5-6-7-8-9-10-11-20-26-24-18-14-22(15-19-24)21-12-16-23(17-13-21)25-4-2/h12-19H,3-11,20H2,1-2H3. The summed E-state index contributed by atoms with van der Waals surface area (Å²) in [7, 11) is 0. The van der Waals surface area contributed by atoms with Crippen molar-refractivity contribution < 1.29 is 0 Å². The third-order valence-corrected chi connectivity index (χ3v) is 6.61. The van der Waals surface area contributed by atoms with Gasteiger partial charge >= 0.3 is 0 Å². The van der Waals surface area contributed by atoms with Crippen molar-refractivity contribution in [3.05, 3.63) is 48.5 Å². The second-order valence-corrected chi connectivity index (χ2v) is 9.31. The third kappa shape index (κ3) is 8.22. The summed E-state index contributed by atoms with van der Waals surface area (Å²) in [5, 5.41) is 0. The van der Waals surface area contributed by atoms with Crippen LogP contribution in [-0.4, -0.2) is 11.5 Å². The van der Waals surface area contributed by atoms with Crippen molar-refractivity contribution in [1.29, 1.82) is 0 Å². The van der Waals surface area contributed by atoms with E-state index in [0.717, 1.165) is 5.75 Å². The fourth-order valence-corrected chi connectivity index (χ4v) is 4.65. The van der Waals surface area contributed by atoms with E-state index in [-0.39, 0.29) is 0 Å². The van der Waals surface area contributed by atoms with Crippen LogP contribution in [0.15, 0.2) is 58.3 Å². The molecule has 0 heterocycles. The fourth-order valence-electron chi connectivity index (χ4n) is 3.08. The second kappa shape index (κ2) is 13.3. The van der Waals surface area contributed by atoms with Gasteiger partial charge < -0.3 is 0 Å². The van der Waals surface area contributed by atoms with E-state index in [4.69, 9.17) is 0 Å². The summed E-state index contributed by atoms with van der Waals surface area (Å²) >= 11 is 3.90. The Morgan fingerprint density at radius 3 is 1.50 bits per heavy atom. The molecule has 142 valence electrons. The van der Waals surface area contributed by atoms with E-state index in [2.05, 4.69) is 62.4 Å². The van der Waals surface area contributed by atoms with Crippen molar-refractivity contribution in [3.8, 4) is 11.1 Å². The molecule has 0 saturated heterocycles. The number of hydrogen-bond donors (Lipinski definition) is 0. The largest absolute Gasteiger partial charge is 0.126 e. The van der Waals surface area contributed by atoms with E-state index in [1.807, 2.05) is 23.5 Å². The molecule has 0 unspecified atom stereocenters. The van der Waals surface area contributed by atoms with Gasteiger partial charge in [0.1, 0.15) is 0 Å². The molecule has 2 aromatic rings. The molecular weight excluding hydrogens is 352 g/mol.